The first kappa shape index (κ1) is 12.5. The Labute approximate surface area is 96.6 Å². The maximum Gasteiger partial charge on any atom is 0.342 e. The van der Waals surface area contributed by atoms with E-state index in [9.17, 15) is 14.9 Å². The van der Waals surface area contributed by atoms with Gasteiger partial charge in [0.1, 0.15) is 5.56 Å². The van der Waals surface area contributed by atoms with Gasteiger partial charge in [0.05, 0.1) is 9.82 Å². The van der Waals surface area contributed by atoms with Gasteiger partial charge in [0.25, 0.3) is 5.69 Å². The molecule has 0 fully saturated rings. The van der Waals surface area contributed by atoms with Gasteiger partial charge in [-0.3, -0.25) is 10.1 Å². The SMILES string of the molecule is CCCSc1cccc(C(=O)O)c1[N+](=O)[O-]. The summed E-state index contributed by atoms with van der Waals surface area (Å²) in [5.41, 5.74) is -0.570. The van der Waals surface area contributed by atoms with E-state index in [4.69, 9.17) is 5.11 Å². The Hall–Kier alpha value is -1.56. The standard InChI is InChI=1S/C10H11NO4S/c1-2-6-16-8-5-3-4-7(10(12)13)9(8)11(14)15/h3-5H,2,6H2,1H3,(H,12,13). The van der Waals surface area contributed by atoms with Crippen LogP contribution >= 0.6 is 11.8 Å². The number of carboxylic acid groups (broad SMARTS) is 1. The molecule has 0 unspecified atom stereocenters. The lowest BCUT2D eigenvalue weighted by molar-refractivity contribution is -0.388. The third kappa shape index (κ3) is 2.73. The van der Waals surface area contributed by atoms with Crippen molar-refractivity contribution in [2.45, 2.75) is 18.2 Å². The minimum Gasteiger partial charge on any atom is -0.477 e. The lowest BCUT2D eigenvalue weighted by atomic mass is 10.2. The average Bonchev–Trinajstić information content (AvgIpc) is 2.25. The maximum atomic E-state index is 10.8. The summed E-state index contributed by atoms with van der Waals surface area (Å²) in [5.74, 6) is -0.546. The number of para-hydroxylation sites is 1. The third-order valence-corrected chi connectivity index (χ3v) is 3.13. The van der Waals surface area contributed by atoms with Gasteiger partial charge < -0.3 is 5.11 Å². The fourth-order valence-corrected chi connectivity index (χ4v) is 2.13. The number of benzene rings is 1. The molecule has 5 nitrogen and oxygen atoms in total. The summed E-state index contributed by atoms with van der Waals surface area (Å²) in [6.07, 6.45) is 0.874. The Balaban J connectivity index is 3.21. The van der Waals surface area contributed by atoms with Gasteiger partial charge in [-0.25, -0.2) is 4.79 Å². The Morgan fingerprint density at radius 3 is 2.75 bits per heavy atom. The molecule has 16 heavy (non-hydrogen) atoms. The topological polar surface area (TPSA) is 80.4 Å². The third-order valence-electron chi connectivity index (χ3n) is 1.87. The fourth-order valence-electron chi connectivity index (χ4n) is 1.21. The summed E-state index contributed by atoms with van der Waals surface area (Å²) in [5, 5.41) is 19.7. The number of hydrogen-bond donors (Lipinski definition) is 1. The Bertz CT molecular complexity index is 419. The van der Waals surface area contributed by atoms with Gasteiger partial charge in [0.2, 0.25) is 0 Å². The molecule has 1 N–H and O–H groups in total. The molecule has 0 atom stereocenters. The van der Waals surface area contributed by atoms with Crippen LogP contribution in [0.4, 0.5) is 5.69 Å². The van der Waals surface area contributed by atoms with E-state index in [-0.39, 0.29) is 11.3 Å². The highest BCUT2D eigenvalue weighted by Crippen LogP contribution is 2.32. The van der Waals surface area contributed by atoms with Crippen molar-refractivity contribution in [2.75, 3.05) is 5.75 Å². The summed E-state index contributed by atoms with van der Waals surface area (Å²) >= 11 is 1.30. The molecule has 0 bridgehead atoms. The smallest absolute Gasteiger partial charge is 0.342 e. The summed E-state index contributed by atoms with van der Waals surface area (Å²) in [6.45, 7) is 1.96. The zero-order valence-corrected chi connectivity index (χ0v) is 9.49. The number of rotatable bonds is 5. The number of hydrogen-bond acceptors (Lipinski definition) is 4. The van der Waals surface area contributed by atoms with E-state index in [1.54, 1.807) is 6.07 Å². The van der Waals surface area contributed by atoms with Crippen LogP contribution in [0.25, 0.3) is 0 Å². The van der Waals surface area contributed by atoms with Gasteiger partial charge in [-0.15, -0.1) is 11.8 Å². The van der Waals surface area contributed by atoms with Crippen molar-refractivity contribution in [2.24, 2.45) is 0 Å². The van der Waals surface area contributed by atoms with Gasteiger partial charge in [-0.1, -0.05) is 13.0 Å². The zero-order valence-electron chi connectivity index (χ0n) is 8.67. The zero-order chi connectivity index (χ0) is 12.1. The van der Waals surface area contributed by atoms with Gasteiger partial charge in [0.15, 0.2) is 0 Å². The molecular weight excluding hydrogens is 230 g/mol. The van der Waals surface area contributed by atoms with Gasteiger partial charge in [-0.2, -0.15) is 0 Å². The highest BCUT2D eigenvalue weighted by molar-refractivity contribution is 7.99. The van der Waals surface area contributed by atoms with Crippen LogP contribution in [-0.2, 0) is 0 Å². The number of nitro groups is 1. The fraction of sp³-hybridized carbons (Fsp3) is 0.300. The molecule has 1 aromatic carbocycles. The predicted molar refractivity (Wildman–Crippen MR) is 61.1 cm³/mol. The number of thioether (sulfide) groups is 1. The summed E-state index contributed by atoms with van der Waals surface area (Å²) in [6, 6.07) is 4.34. The minimum absolute atomic E-state index is 0.258. The largest absolute Gasteiger partial charge is 0.477 e. The highest BCUT2D eigenvalue weighted by Gasteiger charge is 2.23. The molecule has 0 spiro atoms. The summed E-state index contributed by atoms with van der Waals surface area (Å²) in [7, 11) is 0. The van der Waals surface area contributed by atoms with E-state index in [0.29, 0.717) is 4.90 Å². The molecule has 0 heterocycles. The van der Waals surface area contributed by atoms with E-state index in [0.717, 1.165) is 12.2 Å². The second kappa shape index (κ2) is 5.50. The van der Waals surface area contributed by atoms with E-state index >= 15 is 0 Å². The molecule has 1 rings (SSSR count). The van der Waals surface area contributed by atoms with Crippen LogP contribution in [-0.4, -0.2) is 21.8 Å². The monoisotopic (exact) mass is 241 g/mol. The second-order valence-electron chi connectivity index (χ2n) is 3.06. The van der Waals surface area contributed by atoms with Crippen molar-refractivity contribution in [3.8, 4) is 0 Å². The van der Waals surface area contributed by atoms with Crippen LogP contribution in [0, 0.1) is 10.1 Å². The molecule has 0 aliphatic carbocycles. The molecular formula is C10H11NO4S. The number of carboxylic acids is 1. The van der Waals surface area contributed by atoms with Crippen molar-refractivity contribution in [3.63, 3.8) is 0 Å². The Morgan fingerprint density at radius 2 is 2.25 bits per heavy atom. The van der Waals surface area contributed by atoms with Crippen molar-refractivity contribution in [1.82, 2.24) is 0 Å². The van der Waals surface area contributed by atoms with Crippen LogP contribution in [0.2, 0.25) is 0 Å². The molecule has 0 aromatic heterocycles. The van der Waals surface area contributed by atoms with Gasteiger partial charge in [-0.05, 0) is 24.3 Å². The van der Waals surface area contributed by atoms with Gasteiger partial charge >= 0.3 is 5.97 Å². The van der Waals surface area contributed by atoms with E-state index in [1.165, 1.54) is 23.9 Å². The molecule has 0 saturated carbocycles. The molecule has 0 radical (unpaired) electrons. The highest BCUT2D eigenvalue weighted by atomic mass is 32.2. The van der Waals surface area contributed by atoms with Crippen molar-refractivity contribution in [3.05, 3.63) is 33.9 Å². The normalized spacial score (nSPS) is 10.1. The van der Waals surface area contributed by atoms with E-state index in [1.807, 2.05) is 6.92 Å². The van der Waals surface area contributed by atoms with Crippen molar-refractivity contribution < 1.29 is 14.8 Å². The van der Waals surface area contributed by atoms with E-state index < -0.39 is 10.9 Å². The number of carbonyl (C=O) groups is 1. The first-order valence-electron chi connectivity index (χ1n) is 4.71. The molecule has 1 aromatic rings. The first-order chi connectivity index (χ1) is 7.57. The second-order valence-corrected chi connectivity index (χ2v) is 4.20. The number of aromatic carboxylic acids is 1. The Morgan fingerprint density at radius 1 is 1.56 bits per heavy atom. The molecule has 0 amide bonds. The molecule has 6 heteroatoms. The van der Waals surface area contributed by atoms with Crippen LogP contribution in [0.5, 0.6) is 0 Å². The first-order valence-corrected chi connectivity index (χ1v) is 5.70. The number of nitrogens with zero attached hydrogens (tertiary/aromatic N) is 1. The van der Waals surface area contributed by atoms with Crippen LogP contribution < -0.4 is 0 Å². The van der Waals surface area contributed by atoms with Crippen LogP contribution in [0.15, 0.2) is 23.1 Å². The lowest BCUT2D eigenvalue weighted by Crippen LogP contribution is -2.03. The van der Waals surface area contributed by atoms with Crippen LogP contribution in [0.1, 0.15) is 23.7 Å². The van der Waals surface area contributed by atoms with Crippen LogP contribution in [0.3, 0.4) is 0 Å². The molecule has 86 valence electrons. The van der Waals surface area contributed by atoms with E-state index in [2.05, 4.69) is 0 Å². The van der Waals surface area contributed by atoms with Crippen molar-refractivity contribution >= 4 is 23.4 Å². The molecule has 0 aliphatic rings. The lowest BCUT2D eigenvalue weighted by Gasteiger charge is -2.04. The summed E-state index contributed by atoms with van der Waals surface area (Å²) < 4.78 is 0. The number of nitro benzene ring substituents is 1. The van der Waals surface area contributed by atoms with Gasteiger partial charge in [0, 0.05) is 0 Å². The molecule has 0 saturated heterocycles. The minimum atomic E-state index is -1.27. The quantitative estimate of drug-likeness (QED) is 0.487. The molecule has 0 aliphatic heterocycles. The predicted octanol–water partition coefficient (Wildman–Crippen LogP) is 2.80. The Kier molecular flexibility index (Phi) is 4.30. The van der Waals surface area contributed by atoms with Crippen molar-refractivity contribution in [1.29, 1.82) is 0 Å². The maximum absolute atomic E-state index is 10.8. The average molecular weight is 241 g/mol. The summed E-state index contributed by atoms with van der Waals surface area (Å²) in [4.78, 5) is 21.4.